The molecule has 0 aliphatic heterocycles. The van der Waals surface area contributed by atoms with E-state index in [-0.39, 0.29) is 10.0 Å². The second kappa shape index (κ2) is 4.31. The van der Waals surface area contributed by atoms with Gasteiger partial charge in [0, 0.05) is 6.42 Å². The van der Waals surface area contributed by atoms with Crippen LogP contribution in [0.4, 0.5) is 13.2 Å². The summed E-state index contributed by atoms with van der Waals surface area (Å²) in [5, 5.41) is 0. The van der Waals surface area contributed by atoms with Crippen LogP contribution >= 0.6 is 15.9 Å². The molecule has 0 aliphatic carbocycles. The quantitative estimate of drug-likeness (QED) is 0.896. The van der Waals surface area contributed by atoms with Crippen LogP contribution in [0.1, 0.15) is 5.56 Å². The van der Waals surface area contributed by atoms with Crippen LogP contribution < -0.4 is 5.73 Å². The van der Waals surface area contributed by atoms with Crippen molar-refractivity contribution in [3.8, 4) is 0 Å². The average molecular weight is 268 g/mol. The van der Waals surface area contributed by atoms with E-state index >= 15 is 0 Å². The Morgan fingerprint density at radius 1 is 1.36 bits per heavy atom. The Morgan fingerprint density at radius 3 is 2.57 bits per heavy atom. The number of nitrogens with two attached hydrogens (primary N) is 1. The van der Waals surface area contributed by atoms with Crippen LogP contribution in [0.3, 0.4) is 0 Å². The van der Waals surface area contributed by atoms with Gasteiger partial charge in [-0.15, -0.1) is 0 Å². The standard InChI is InChI=1S/C9H9BrF3N/c10-8-6(2-1-3-7(8)11)4-9(12,13)5-14/h1-3H,4-5,14H2. The third-order valence-corrected chi connectivity index (χ3v) is 2.67. The summed E-state index contributed by atoms with van der Waals surface area (Å²) in [5.74, 6) is -3.54. The fourth-order valence-electron chi connectivity index (χ4n) is 1.04. The molecule has 0 unspecified atom stereocenters. The van der Waals surface area contributed by atoms with Crippen molar-refractivity contribution in [2.75, 3.05) is 6.54 Å². The van der Waals surface area contributed by atoms with Gasteiger partial charge in [0.1, 0.15) is 5.82 Å². The van der Waals surface area contributed by atoms with Crippen LogP contribution in [0.5, 0.6) is 0 Å². The van der Waals surface area contributed by atoms with E-state index in [4.69, 9.17) is 5.73 Å². The molecule has 0 aliphatic rings. The molecule has 0 amide bonds. The van der Waals surface area contributed by atoms with Crippen molar-refractivity contribution < 1.29 is 13.2 Å². The van der Waals surface area contributed by atoms with E-state index in [0.717, 1.165) is 0 Å². The van der Waals surface area contributed by atoms with Gasteiger partial charge in [0.25, 0.3) is 5.92 Å². The van der Waals surface area contributed by atoms with Gasteiger partial charge in [0.2, 0.25) is 0 Å². The summed E-state index contributed by atoms with van der Waals surface area (Å²) < 4.78 is 38.8. The zero-order chi connectivity index (χ0) is 10.8. The summed E-state index contributed by atoms with van der Waals surface area (Å²) in [6.07, 6.45) is -0.554. The zero-order valence-electron chi connectivity index (χ0n) is 7.24. The first-order chi connectivity index (χ1) is 6.46. The Hall–Kier alpha value is -0.550. The summed E-state index contributed by atoms with van der Waals surface area (Å²) in [6.45, 7) is -0.740. The summed E-state index contributed by atoms with van der Waals surface area (Å²) >= 11 is 2.91. The fourth-order valence-corrected chi connectivity index (χ4v) is 1.44. The number of hydrogen-bond donors (Lipinski definition) is 1. The molecule has 0 heterocycles. The fraction of sp³-hybridized carbons (Fsp3) is 0.333. The van der Waals surface area contributed by atoms with Crippen LogP contribution in [-0.2, 0) is 6.42 Å². The summed E-state index contributed by atoms with van der Waals surface area (Å²) in [4.78, 5) is 0. The number of hydrogen-bond acceptors (Lipinski definition) is 1. The van der Waals surface area contributed by atoms with Crippen molar-refractivity contribution in [3.05, 3.63) is 34.1 Å². The van der Waals surface area contributed by atoms with E-state index in [1.807, 2.05) is 0 Å². The third kappa shape index (κ3) is 2.72. The third-order valence-electron chi connectivity index (χ3n) is 1.78. The molecule has 0 fully saturated rings. The highest BCUT2D eigenvalue weighted by Crippen LogP contribution is 2.26. The SMILES string of the molecule is NCC(F)(F)Cc1cccc(F)c1Br. The molecule has 0 saturated carbocycles. The molecule has 0 atom stereocenters. The van der Waals surface area contributed by atoms with E-state index in [1.54, 1.807) is 0 Å². The molecule has 78 valence electrons. The second-order valence-corrected chi connectivity index (χ2v) is 3.74. The molecule has 1 aromatic carbocycles. The van der Waals surface area contributed by atoms with E-state index in [2.05, 4.69) is 15.9 Å². The van der Waals surface area contributed by atoms with Crippen LogP contribution in [0.2, 0.25) is 0 Å². The van der Waals surface area contributed by atoms with Crippen LogP contribution in [0.15, 0.2) is 22.7 Å². The smallest absolute Gasteiger partial charge is 0.264 e. The van der Waals surface area contributed by atoms with Gasteiger partial charge in [0.15, 0.2) is 0 Å². The Balaban J connectivity index is 2.92. The molecule has 0 spiro atoms. The predicted molar refractivity (Wildman–Crippen MR) is 51.8 cm³/mol. The van der Waals surface area contributed by atoms with E-state index in [1.165, 1.54) is 18.2 Å². The molecular formula is C9H9BrF3N. The number of halogens is 4. The van der Waals surface area contributed by atoms with E-state index < -0.39 is 24.7 Å². The van der Waals surface area contributed by atoms with Gasteiger partial charge < -0.3 is 5.73 Å². The molecule has 0 aromatic heterocycles. The van der Waals surface area contributed by atoms with E-state index in [0.29, 0.717) is 0 Å². The van der Waals surface area contributed by atoms with Crippen LogP contribution in [0.25, 0.3) is 0 Å². The molecule has 2 N–H and O–H groups in total. The molecule has 0 bridgehead atoms. The van der Waals surface area contributed by atoms with Crippen molar-refractivity contribution in [3.63, 3.8) is 0 Å². The maximum Gasteiger partial charge on any atom is 0.264 e. The Morgan fingerprint density at radius 2 is 2.00 bits per heavy atom. The van der Waals surface area contributed by atoms with Crippen molar-refractivity contribution in [1.29, 1.82) is 0 Å². The van der Waals surface area contributed by atoms with Gasteiger partial charge in [-0.25, -0.2) is 13.2 Å². The Labute approximate surface area is 88.2 Å². The lowest BCUT2D eigenvalue weighted by molar-refractivity contribution is 0.0113. The minimum Gasteiger partial charge on any atom is -0.325 e. The molecule has 5 heteroatoms. The lowest BCUT2D eigenvalue weighted by atomic mass is 10.1. The molecule has 14 heavy (non-hydrogen) atoms. The van der Waals surface area contributed by atoms with Gasteiger partial charge in [-0.2, -0.15) is 0 Å². The van der Waals surface area contributed by atoms with Gasteiger partial charge in [-0.1, -0.05) is 12.1 Å². The average Bonchev–Trinajstić information content (AvgIpc) is 2.13. The lowest BCUT2D eigenvalue weighted by Gasteiger charge is -2.14. The number of alkyl halides is 2. The van der Waals surface area contributed by atoms with Gasteiger partial charge in [-0.05, 0) is 27.6 Å². The van der Waals surface area contributed by atoms with Gasteiger partial charge in [0.05, 0.1) is 11.0 Å². The molecule has 1 nitrogen and oxygen atoms in total. The normalized spacial score (nSPS) is 11.8. The monoisotopic (exact) mass is 267 g/mol. The summed E-state index contributed by atoms with van der Waals surface area (Å²) in [7, 11) is 0. The van der Waals surface area contributed by atoms with Gasteiger partial charge in [-0.3, -0.25) is 0 Å². The predicted octanol–water partition coefficient (Wildman–Crippen LogP) is 2.72. The van der Waals surface area contributed by atoms with Crippen molar-refractivity contribution in [2.45, 2.75) is 12.3 Å². The lowest BCUT2D eigenvalue weighted by Crippen LogP contribution is -2.30. The first kappa shape index (κ1) is 11.5. The summed E-state index contributed by atoms with van der Waals surface area (Å²) in [6, 6.07) is 4.03. The highest BCUT2D eigenvalue weighted by Gasteiger charge is 2.28. The topological polar surface area (TPSA) is 26.0 Å². The van der Waals surface area contributed by atoms with Crippen molar-refractivity contribution in [1.82, 2.24) is 0 Å². The zero-order valence-corrected chi connectivity index (χ0v) is 8.82. The van der Waals surface area contributed by atoms with Crippen LogP contribution in [0, 0.1) is 5.82 Å². The minimum atomic E-state index is -2.99. The van der Waals surface area contributed by atoms with Crippen molar-refractivity contribution in [2.24, 2.45) is 5.73 Å². The largest absolute Gasteiger partial charge is 0.325 e. The highest BCUT2D eigenvalue weighted by atomic mass is 79.9. The first-order valence-electron chi connectivity index (χ1n) is 3.97. The summed E-state index contributed by atoms with van der Waals surface area (Å²) in [5.41, 5.74) is 5.11. The molecule has 0 radical (unpaired) electrons. The second-order valence-electron chi connectivity index (χ2n) is 2.95. The Bertz CT molecular complexity index is 328. The minimum absolute atomic E-state index is 0.0770. The maximum absolute atomic E-state index is 12.9. The molecular weight excluding hydrogens is 259 g/mol. The molecule has 0 saturated heterocycles. The number of rotatable bonds is 3. The number of benzene rings is 1. The van der Waals surface area contributed by atoms with Crippen LogP contribution in [-0.4, -0.2) is 12.5 Å². The molecule has 1 rings (SSSR count). The Kier molecular flexibility index (Phi) is 3.55. The maximum atomic E-state index is 12.9. The first-order valence-corrected chi connectivity index (χ1v) is 4.76. The van der Waals surface area contributed by atoms with E-state index in [9.17, 15) is 13.2 Å². The molecule has 1 aromatic rings. The van der Waals surface area contributed by atoms with Gasteiger partial charge >= 0.3 is 0 Å². The van der Waals surface area contributed by atoms with Crippen molar-refractivity contribution >= 4 is 15.9 Å². The highest BCUT2D eigenvalue weighted by molar-refractivity contribution is 9.10.